The average molecular weight is 319 g/mol. The van der Waals surface area contributed by atoms with Gasteiger partial charge >= 0.3 is 5.69 Å². The van der Waals surface area contributed by atoms with E-state index in [1.807, 2.05) is 24.4 Å². The third-order valence-electron chi connectivity index (χ3n) is 3.43. The molecule has 0 bridgehead atoms. The van der Waals surface area contributed by atoms with Crippen LogP contribution >= 0.6 is 0 Å². The number of pyridine rings is 2. The van der Waals surface area contributed by atoms with Gasteiger partial charge in [-0.1, -0.05) is 24.3 Å². The molecule has 118 valence electrons. The summed E-state index contributed by atoms with van der Waals surface area (Å²) < 4.78 is 0. The van der Waals surface area contributed by atoms with Crippen molar-refractivity contribution in [2.45, 2.75) is 0 Å². The van der Waals surface area contributed by atoms with Gasteiger partial charge in [-0.15, -0.1) is 0 Å². The summed E-state index contributed by atoms with van der Waals surface area (Å²) in [5.41, 5.74) is 1.76. The molecule has 1 N–H and O–H groups in total. The molecule has 0 amide bonds. The summed E-state index contributed by atoms with van der Waals surface area (Å²) in [7, 11) is 0. The van der Waals surface area contributed by atoms with Crippen molar-refractivity contribution in [1.82, 2.24) is 9.97 Å². The SMILES string of the molecule is O=[N+]([O-])c1ccccc1O.c1cnc2c(c1)ccc1ncccc12. The van der Waals surface area contributed by atoms with E-state index in [1.165, 1.54) is 24.3 Å². The highest BCUT2D eigenvalue weighted by Crippen LogP contribution is 2.23. The highest BCUT2D eigenvalue weighted by Gasteiger charge is 2.09. The third-order valence-corrected chi connectivity index (χ3v) is 3.43. The summed E-state index contributed by atoms with van der Waals surface area (Å²) in [6, 6.07) is 17.6. The maximum absolute atomic E-state index is 10.1. The molecule has 0 aliphatic carbocycles. The van der Waals surface area contributed by atoms with Gasteiger partial charge < -0.3 is 5.11 Å². The molecule has 24 heavy (non-hydrogen) atoms. The minimum absolute atomic E-state index is 0.262. The number of rotatable bonds is 1. The summed E-state index contributed by atoms with van der Waals surface area (Å²) in [5, 5.41) is 21.2. The fraction of sp³-hybridized carbons (Fsp3) is 0. The van der Waals surface area contributed by atoms with E-state index in [9.17, 15) is 10.1 Å². The number of phenolic OH excluding ortho intramolecular Hbond substituents is 1. The number of phenols is 1. The Kier molecular flexibility index (Phi) is 4.29. The average Bonchev–Trinajstić information content (AvgIpc) is 2.62. The van der Waals surface area contributed by atoms with Crippen LogP contribution in [0.25, 0.3) is 21.8 Å². The molecule has 0 aliphatic heterocycles. The summed E-state index contributed by atoms with van der Waals surface area (Å²) in [5.74, 6) is -0.299. The highest BCUT2D eigenvalue weighted by molar-refractivity contribution is 6.03. The first-order valence-electron chi connectivity index (χ1n) is 7.17. The van der Waals surface area contributed by atoms with Gasteiger partial charge in [-0.05, 0) is 30.3 Å². The smallest absolute Gasteiger partial charge is 0.310 e. The van der Waals surface area contributed by atoms with Gasteiger partial charge in [0.1, 0.15) is 0 Å². The maximum Gasteiger partial charge on any atom is 0.310 e. The van der Waals surface area contributed by atoms with Gasteiger partial charge in [0, 0.05) is 29.2 Å². The van der Waals surface area contributed by atoms with Crippen LogP contribution in [0, 0.1) is 10.1 Å². The van der Waals surface area contributed by atoms with Crippen LogP contribution in [0.15, 0.2) is 73.1 Å². The second kappa shape index (κ2) is 6.70. The molecule has 0 unspecified atom stereocenters. The molecule has 2 aromatic heterocycles. The number of aromatic hydroxyl groups is 1. The fourth-order valence-electron chi connectivity index (χ4n) is 2.32. The first kappa shape index (κ1) is 15.4. The van der Waals surface area contributed by atoms with Gasteiger partial charge in [-0.2, -0.15) is 0 Å². The van der Waals surface area contributed by atoms with Crippen LogP contribution in [0.4, 0.5) is 5.69 Å². The van der Waals surface area contributed by atoms with Crippen LogP contribution in [0.2, 0.25) is 0 Å². The third kappa shape index (κ3) is 3.12. The van der Waals surface area contributed by atoms with Crippen LogP contribution < -0.4 is 0 Å². The van der Waals surface area contributed by atoms with Crippen molar-refractivity contribution in [1.29, 1.82) is 0 Å². The lowest BCUT2D eigenvalue weighted by Crippen LogP contribution is -1.86. The van der Waals surface area contributed by atoms with Crippen LogP contribution in [0.3, 0.4) is 0 Å². The molecule has 0 spiro atoms. The number of nitro benzene ring substituents is 1. The van der Waals surface area contributed by atoms with Crippen molar-refractivity contribution in [2.24, 2.45) is 0 Å². The van der Waals surface area contributed by atoms with Crippen molar-refractivity contribution >= 4 is 27.5 Å². The molecule has 0 saturated heterocycles. The van der Waals surface area contributed by atoms with E-state index >= 15 is 0 Å². The monoisotopic (exact) mass is 319 g/mol. The second-order valence-corrected chi connectivity index (χ2v) is 4.96. The minimum atomic E-state index is -0.630. The molecular formula is C18H13N3O3. The molecule has 2 aromatic carbocycles. The molecule has 0 atom stereocenters. The Labute approximate surface area is 137 Å². The molecule has 0 fully saturated rings. The number of aromatic nitrogens is 2. The molecule has 6 nitrogen and oxygen atoms in total. The number of benzene rings is 2. The van der Waals surface area contributed by atoms with E-state index < -0.39 is 4.92 Å². The van der Waals surface area contributed by atoms with E-state index in [4.69, 9.17) is 5.11 Å². The molecule has 4 aromatic rings. The Hall–Kier alpha value is -3.54. The molecule has 0 radical (unpaired) electrons. The summed E-state index contributed by atoms with van der Waals surface area (Å²) >= 11 is 0. The Morgan fingerprint density at radius 3 is 2.38 bits per heavy atom. The number of nitrogens with zero attached hydrogens (tertiary/aromatic N) is 3. The zero-order valence-corrected chi connectivity index (χ0v) is 12.5. The standard InChI is InChI=1S/C12H8N2.C6H5NO3/c1-3-9-5-6-11-10(4-2-7-13-11)12(9)14-8-1;8-6-4-2-1-3-5(6)7(9)10/h1-8H;1-4,8H. The first-order chi connectivity index (χ1) is 11.7. The Morgan fingerprint density at radius 2 is 1.62 bits per heavy atom. The van der Waals surface area contributed by atoms with Gasteiger partial charge in [0.2, 0.25) is 0 Å². The van der Waals surface area contributed by atoms with Crippen LogP contribution in [0.1, 0.15) is 0 Å². The minimum Gasteiger partial charge on any atom is -0.502 e. The van der Waals surface area contributed by atoms with Gasteiger partial charge in [-0.25, -0.2) is 0 Å². The zero-order valence-electron chi connectivity index (χ0n) is 12.5. The Balaban J connectivity index is 0.000000150. The van der Waals surface area contributed by atoms with E-state index in [0.717, 1.165) is 21.8 Å². The van der Waals surface area contributed by atoms with E-state index in [-0.39, 0.29) is 11.4 Å². The van der Waals surface area contributed by atoms with Crippen LogP contribution in [0.5, 0.6) is 5.75 Å². The van der Waals surface area contributed by atoms with Crippen LogP contribution in [-0.2, 0) is 0 Å². The van der Waals surface area contributed by atoms with Gasteiger partial charge in [0.15, 0.2) is 5.75 Å². The van der Waals surface area contributed by atoms with Crippen molar-refractivity contribution in [3.05, 3.63) is 83.2 Å². The van der Waals surface area contributed by atoms with Crippen molar-refractivity contribution in [3.8, 4) is 5.75 Å². The molecular weight excluding hydrogens is 306 g/mol. The molecule has 2 heterocycles. The predicted octanol–water partition coefficient (Wildman–Crippen LogP) is 4.08. The molecule has 4 rings (SSSR count). The highest BCUT2D eigenvalue weighted by atomic mass is 16.6. The number of fused-ring (bicyclic) bond motifs is 3. The normalized spacial score (nSPS) is 10.2. The lowest BCUT2D eigenvalue weighted by atomic mass is 10.1. The number of para-hydroxylation sites is 2. The topological polar surface area (TPSA) is 89.2 Å². The molecule has 6 heteroatoms. The van der Waals surface area contributed by atoms with Gasteiger partial charge in [-0.3, -0.25) is 20.1 Å². The van der Waals surface area contributed by atoms with Crippen molar-refractivity contribution < 1.29 is 10.0 Å². The zero-order chi connectivity index (χ0) is 16.9. The lowest BCUT2D eigenvalue weighted by molar-refractivity contribution is -0.385. The number of hydrogen-bond donors (Lipinski definition) is 1. The molecule has 0 aliphatic rings. The van der Waals surface area contributed by atoms with E-state index in [0.29, 0.717) is 0 Å². The Bertz CT molecular complexity index is 963. The summed E-state index contributed by atoms with van der Waals surface area (Å²) in [6.45, 7) is 0. The van der Waals surface area contributed by atoms with Crippen LogP contribution in [-0.4, -0.2) is 20.0 Å². The summed E-state index contributed by atoms with van der Waals surface area (Å²) in [4.78, 5) is 18.1. The van der Waals surface area contributed by atoms with E-state index in [2.05, 4.69) is 28.2 Å². The van der Waals surface area contributed by atoms with Crippen molar-refractivity contribution in [2.75, 3.05) is 0 Å². The van der Waals surface area contributed by atoms with Gasteiger partial charge in [0.05, 0.1) is 16.0 Å². The second-order valence-electron chi connectivity index (χ2n) is 4.96. The largest absolute Gasteiger partial charge is 0.502 e. The number of hydrogen-bond acceptors (Lipinski definition) is 5. The van der Waals surface area contributed by atoms with Gasteiger partial charge in [0.25, 0.3) is 0 Å². The first-order valence-corrected chi connectivity index (χ1v) is 7.17. The fourth-order valence-corrected chi connectivity index (χ4v) is 2.32. The van der Waals surface area contributed by atoms with E-state index in [1.54, 1.807) is 6.20 Å². The Morgan fingerprint density at radius 1 is 0.875 bits per heavy atom. The van der Waals surface area contributed by atoms with Crippen molar-refractivity contribution in [3.63, 3.8) is 0 Å². The lowest BCUT2D eigenvalue weighted by Gasteiger charge is -2.00. The summed E-state index contributed by atoms with van der Waals surface area (Å²) in [6.07, 6.45) is 3.62. The predicted molar refractivity (Wildman–Crippen MR) is 91.8 cm³/mol. The number of nitro groups is 1. The maximum atomic E-state index is 10.1. The molecule has 0 saturated carbocycles. The quantitative estimate of drug-likeness (QED) is 0.324.